The second-order valence-electron chi connectivity index (χ2n) is 3.94. The molecular weight excluding hydrogens is 174 g/mol. The summed E-state index contributed by atoms with van der Waals surface area (Å²) in [5, 5.41) is 6.73. The molecule has 76 valence electrons. The van der Waals surface area contributed by atoms with Crippen molar-refractivity contribution in [3.8, 4) is 0 Å². The molecule has 0 amide bonds. The van der Waals surface area contributed by atoms with E-state index < -0.39 is 0 Å². The van der Waals surface area contributed by atoms with Crippen LogP contribution in [0.2, 0.25) is 0 Å². The summed E-state index contributed by atoms with van der Waals surface area (Å²) >= 11 is 0. The van der Waals surface area contributed by atoms with Crippen LogP contribution in [0.15, 0.2) is 24.3 Å². The molecule has 1 aliphatic heterocycles. The summed E-state index contributed by atoms with van der Waals surface area (Å²) in [5.41, 5.74) is 2.45. The Morgan fingerprint density at radius 1 is 1.36 bits per heavy atom. The normalized spacial score (nSPS) is 16.1. The highest BCUT2D eigenvalue weighted by atomic mass is 15.1. The molecule has 14 heavy (non-hydrogen) atoms. The van der Waals surface area contributed by atoms with E-state index in [0.29, 0.717) is 6.04 Å². The van der Waals surface area contributed by atoms with Gasteiger partial charge in [0.05, 0.1) is 6.04 Å². The number of anilines is 2. The first kappa shape index (κ1) is 9.34. The molecule has 3 heteroatoms. The van der Waals surface area contributed by atoms with Gasteiger partial charge in [0.2, 0.25) is 0 Å². The summed E-state index contributed by atoms with van der Waals surface area (Å²) in [6.07, 6.45) is 0. The molecule has 0 aromatic heterocycles. The summed E-state index contributed by atoms with van der Waals surface area (Å²) in [7, 11) is 4.12. The molecule has 1 aliphatic rings. The van der Waals surface area contributed by atoms with Gasteiger partial charge in [-0.25, -0.2) is 0 Å². The molecular formula is C11H17N3. The van der Waals surface area contributed by atoms with E-state index in [0.717, 1.165) is 13.1 Å². The van der Waals surface area contributed by atoms with Crippen LogP contribution in [0, 0.1) is 0 Å². The summed E-state index contributed by atoms with van der Waals surface area (Å²) in [6, 6.07) is 9.10. The maximum atomic E-state index is 3.48. The van der Waals surface area contributed by atoms with E-state index in [1.807, 2.05) is 0 Å². The van der Waals surface area contributed by atoms with Crippen molar-refractivity contribution in [1.82, 2.24) is 5.32 Å². The van der Waals surface area contributed by atoms with Crippen LogP contribution >= 0.6 is 0 Å². The minimum atomic E-state index is 0.604. The Labute approximate surface area is 85.1 Å². The Kier molecular flexibility index (Phi) is 2.59. The highest BCUT2D eigenvalue weighted by Crippen LogP contribution is 2.18. The monoisotopic (exact) mass is 191 g/mol. The van der Waals surface area contributed by atoms with Gasteiger partial charge in [0.1, 0.15) is 0 Å². The van der Waals surface area contributed by atoms with Crippen molar-refractivity contribution in [2.45, 2.75) is 6.04 Å². The molecule has 0 spiro atoms. The van der Waals surface area contributed by atoms with Crippen molar-refractivity contribution in [3.05, 3.63) is 24.3 Å². The van der Waals surface area contributed by atoms with Gasteiger partial charge < -0.3 is 15.5 Å². The van der Waals surface area contributed by atoms with Gasteiger partial charge in [-0.15, -0.1) is 0 Å². The van der Waals surface area contributed by atoms with Gasteiger partial charge in [0, 0.05) is 38.6 Å². The van der Waals surface area contributed by atoms with Gasteiger partial charge in [-0.3, -0.25) is 0 Å². The van der Waals surface area contributed by atoms with E-state index in [1.54, 1.807) is 0 Å². The van der Waals surface area contributed by atoms with Gasteiger partial charge in [-0.1, -0.05) is 6.07 Å². The molecule has 1 saturated heterocycles. The standard InChI is InChI=1S/C11H17N3/c1-14(2)11-5-3-4-9(6-11)13-10-7-12-8-10/h3-6,10,12-13H,7-8H2,1-2H3. The molecule has 0 unspecified atom stereocenters. The molecule has 0 radical (unpaired) electrons. The molecule has 0 saturated carbocycles. The van der Waals surface area contributed by atoms with Crippen LogP contribution in [-0.4, -0.2) is 33.2 Å². The van der Waals surface area contributed by atoms with Gasteiger partial charge in [-0.05, 0) is 18.2 Å². The predicted molar refractivity (Wildman–Crippen MR) is 61.0 cm³/mol. The first-order valence-electron chi connectivity index (χ1n) is 5.00. The maximum Gasteiger partial charge on any atom is 0.0510 e. The maximum absolute atomic E-state index is 3.48. The molecule has 0 atom stereocenters. The third-order valence-corrected chi connectivity index (χ3v) is 2.51. The summed E-state index contributed by atoms with van der Waals surface area (Å²) in [4.78, 5) is 2.12. The van der Waals surface area contributed by atoms with Crippen LogP contribution in [0.3, 0.4) is 0 Å². The lowest BCUT2D eigenvalue weighted by molar-refractivity contribution is 0.472. The van der Waals surface area contributed by atoms with Crippen molar-refractivity contribution >= 4 is 11.4 Å². The second-order valence-corrected chi connectivity index (χ2v) is 3.94. The van der Waals surface area contributed by atoms with Crippen LogP contribution in [0.25, 0.3) is 0 Å². The Balaban J connectivity index is 2.05. The number of nitrogens with one attached hydrogen (secondary N) is 2. The third kappa shape index (κ3) is 1.99. The number of hydrogen-bond donors (Lipinski definition) is 2. The lowest BCUT2D eigenvalue weighted by atomic mass is 10.1. The van der Waals surface area contributed by atoms with Crippen LogP contribution in [0.4, 0.5) is 11.4 Å². The molecule has 2 rings (SSSR count). The van der Waals surface area contributed by atoms with Crippen molar-refractivity contribution in [2.24, 2.45) is 0 Å². The summed E-state index contributed by atoms with van der Waals surface area (Å²) < 4.78 is 0. The molecule has 2 N–H and O–H groups in total. The lowest BCUT2D eigenvalue weighted by Gasteiger charge is -2.29. The minimum Gasteiger partial charge on any atom is -0.380 e. The van der Waals surface area contributed by atoms with Crippen LogP contribution in [-0.2, 0) is 0 Å². The van der Waals surface area contributed by atoms with Crippen molar-refractivity contribution in [2.75, 3.05) is 37.4 Å². The number of benzene rings is 1. The highest BCUT2D eigenvalue weighted by Gasteiger charge is 2.15. The summed E-state index contributed by atoms with van der Waals surface area (Å²) in [6.45, 7) is 2.15. The van der Waals surface area contributed by atoms with Crippen LogP contribution < -0.4 is 15.5 Å². The number of hydrogen-bond acceptors (Lipinski definition) is 3. The van der Waals surface area contributed by atoms with Crippen molar-refractivity contribution < 1.29 is 0 Å². The first-order chi connectivity index (χ1) is 6.75. The van der Waals surface area contributed by atoms with E-state index in [9.17, 15) is 0 Å². The molecule has 0 bridgehead atoms. The largest absolute Gasteiger partial charge is 0.380 e. The van der Waals surface area contributed by atoms with E-state index in [-0.39, 0.29) is 0 Å². The average Bonchev–Trinajstić information content (AvgIpc) is 2.12. The molecule has 1 fully saturated rings. The van der Waals surface area contributed by atoms with Gasteiger partial charge in [0.15, 0.2) is 0 Å². The zero-order chi connectivity index (χ0) is 9.97. The second kappa shape index (κ2) is 3.88. The number of nitrogens with zero attached hydrogens (tertiary/aromatic N) is 1. The topological polar surface area (TPSA) is 27.3 Å². The van der Waals surface area contributed by atoms with E-state index in [4.69, 9.17) is 0 Å². The van der Waals surface area contributed by atoms with Gasteiger partial charge in [-0.2, -0.15) is 0 Å². The quantitative estimate of drug-likeness (QED) is 0.750. The fourth-order valence-electron chi connectivity index (χ4n) is 1.50. The summed E-state index contributed by atoms with van der Waals surface area (Å²) in [5.74, 6) is 0. The van der Waals surface area contributed by atoms with Gasteiger partial charge >= 0.3 is 0 Å². The smallest absolute Gasteiger partial charge is 0.0510 e. The third-order valence-electron chi connectivity index (χ3n) is 2.51. The van der Waals surface area contributed by atoms with Crippen molar-refractivity contribution in [3.63, 3.8) is 0 Å². The number of rotatable bonds is 3. The molecule has 1 aromatic rings. The fourth-order valence-corrected chi connectivity index (χ4v) is 1.50. The fraction of sp³-hybridized carbons (Fsp3) is 0.455. The SMILES string of the molecule is CN(C)c1cccc(NC2CNC2)c1. The Morgan fingerprint density at radius 2 is 2.14 bits per heavy atom. The highest BCUT2D eigenvalue weighted by molar-refractivity contribution is 5.57. The lowest BCUT2D eigenvalue weighted by Crippen LogP contribution is -2.51. The molecule has 1 heterocycles. The van der Waals surface area contributed by atoms with E-state index in [2.05, 4.69) is 53.9 Å². The Hall–Kier alpha value is -1.22. The Morgan fingerprint density at radius 3 is 2.71 bits per heavy atom. The zero-order valence-electron chi connectivity index (χ0n) is 8.75. The molecule has 3 nitrogen and oxygen atoms in total. The first-order valence-corrected chi connectivity index (χ1v) is 5.00. The molecule has 0 aliphatic carbocycles. The van der Waals surface area contributed by atoms with Gasteiger partial charge in [0.25, 0.3) is 0 Å². The predicted octanol–water partition coefficient (Wildman–Crippen LogP) is 1.14. The van der Waals surface area contributed by atoms with E-state index in [1.165, 1.54) is 11.4 Å². The minimum absolute atomic E-state index is 0.604. The zero-order valence-corrected chi connectivity index (χ0v) is 8.75. The Bertz CT molecular complexity index is 305. The average molecular weight is 191 g/mol. The molecule has 1 aromatic carbocycles. The van der Waals surface area contributed by atoms with Crippen molar-refractivity contribution in [1.29, 1.82) is 0 Å². The van der Waals surface area contributed by atoms with Crippen LogP contribution in [0.1, 0.15) is 0 Å². The van der Waals surface area contributed by atoms with Crippen LogP contribution in [0.5, 0.6) is 0 Å². The van der Waals surface area contributed by atoms with E-state index >= 15 is 0 Å².